The number of rotatable bonds is 4. The Morgan fingerprint density at radius 1 is 1.05 bits per heavy atom. The first-order valence-electron chi connectivity index (χ1n) is 7.14. The zero-order valence-electron chi connectivity index (χ0n) is 12.8. The Hall–Kier alpha value is -0.870. The van der Waals surface area contributed by atoms with Gasteiger partial charge >= 0.3 is 0 Å². The molecule has 0 aromatic heterocycles. The fourth-order valence-corrected chi connectivity index (χ4v) is 3.99. The summed E-state index contributed by atoms with van der Waals surface area (Å²) in [6.07, 6.45) is 1.12. The predicted molar refractivity (Wildman–Crippen MR) is 99.4 cm³/mol. The van der Waals surface area contributed by atoms with Gasteiger partial charge in [0.1, 0.15) is 0 Å². The molecular formula is C17H20Cl2N2S. The summed E-state index contributed by atoms with van der Waals surface area (Å²) in [5, 5.41) is 0.838. The summed E-state index contributed by atoms with van der Waals surface area (Å²) < 4.78 is 0. The molecule has 22 heavy (non-hydrogen) atoms. The van der Waals surface area contributed by atoms with Crippen LogP contribution in [-0.4, -0.2) is 32.1 Å². The Morgan fingerprint density at radius 3 is 2.55 bits per heavy atom. The van der Waals surface area contributed by atoms with E-state index in [-0.39, 0.29) is 12.4 Å². The second-order valence-electron chi connectivity index (χ2n) is 5.47. The van der Waals surface area contributed by atoms with Crippen LogP contribution in [0.1, 0.15) is 6.42 Å². The molecule has 2 aromatic rings. The number of para-hydroxylation sites is 1. The van der Waals surface area contributed by atoms with Crippen molar-refractivity contribution in [1.29, 1.82) is 0 Å². The summed E-state index contributed by atoms with van der Waals surface area (Å²) in [6, 6.07) is 14.7. The van der Waals surface area contributed by atoms with Gasteiger partial charge < -0.3 is 9.80 Å². The first-order valence-corrected chi connectivity index (χ1v) is 8.34. The van der Waals surface area contributed by atoms with E-state index in [9.17, 15) is 0 Å². The maximum absolute atomic E-state index is 6.40. The van der Waals surface area contributed by atoms with Gasteiger partial charge in [-0.25, -0.2) is 0 Å². The summed E-state index contributed by atoms with van der Waals surface area (Å²) in [5.41, 5.74) is 2.51. The van der Waals surface area contributed by atoms with Gasteiger partial charge in [-0.05, 0) is 51.3 Å². The molecule has 2 aromatic carbocycles. The largest absolute Gasteiger partial charge is 0.340 e. The highest BCUT2D eigenvalue weighted by molar-refractivity contribution is 7.99. The van der Waals surface area contributed by atoms with Crippen LogP contribution in [0, 0.1) is 0 Å². The third kappa shape index (κ3) is 3.54. The minimum atomic E-state index is 0. The Kier molecular flexibility index (Phi) is 6.04. The number of anilines is 2. The van der Waals surface area contributed by atoms with Gasteiger partial charge in [0.05, 0.1) is 21.3 Å². The minimum absolute atomic E-state index is 0. The van der Waals surface area contributed by atoms with Crippen LogP contribution in [0.3, 0.4) is 0 Å². The molecule has 0 spiro atoms. The average molecular weight is 355 g/mol. The topological polar surface area (TPSA) is 6.48 Å². The first kappa shape index (κ1) is 17.5. The second kappa shape index (κ2) is 7.60. The highest BCUT2D eigenvalue weighted by Gasteiger charge is 2.24. The molecule has 1 aliphatic heterocycles. The van der Waals surface area contributed by atoms with E-state index >= 15 is 0 Å². The van der Waals surface area contributed by atoms with Gasteiger partial charge in [0.25, 0.3) is 0 Å². The van der Waals surface area contributed by atoms with Crippen molar-refractivity contribution in [3.8, 4) is 0 Å². The Balaban J connectivity index is 0.00000176. The van der Waals surface area contributed by atoms with E-state index < -0.39 is 0 Å². The van der Waals surface area contributed by atoms with Crippen molar-refractivity contribution in [1.82, 2.24) is 4.90 Å². The lowest BCUT2D eigenvalue weighted by atomic mass is 10.2. The monoisotopic (exact) mass is 354 g/mol. The smallest absolute Gasteiger partial charge is 0.0568 e. The summed E-state index contributed by atoms with van der Waals surface area (Å²) in [6.45, 7) is 2.09. The van der Waals surface area contributed by atoms with E-state index in [0.717, 1.165) is 24.5 Å². The van der Waals surface area contributed by atoms with E-state index in [0.29, 0.717) is 0 Å². The van der Waals surface area contributed by atoms with Crippen LogP contribution in [0.15, 0.2) is 52.3 Å². The fraction of sp³-hybridized carbons (Fsp3) is 0.294. The van der Waals surface area contributed by atoms with Crippen LogP contribution in [-0.2, 0) is 0 Å². The molecule has 0 atom stereocenters. The number of fused-ring (bicyclic) bond motifs is 2. The summed E-state index contributed by atoms with van der Waals surface area (Å²) in [7, 11) is 4.23. The van der Waals surface area contributed by atoms with Crippen LogP contribution < -0.4 is 4.90 Å². The molecule has 3 rings (SSSR count). The molecule has 0 saturated heterocycles. The van der Waals surface area contributed by atoms with E-state index in [1.165, 1.54) is 21.2 Å². The maximum atomic E-state index is 6.40. The van der Waals surface area contributed by atoms with Crippen molar-refractivity contribution in [3.05, 3.63) is 47.5 Å². The molecule has 0 unspecified atom stereocenters. The first-order chi connectivity index (χ1) is 10.2. The van der Waals surface area contributed by atoms with Crippen molar-refractivity contribution in [2.45, 2.75) is 16.2 Å². The van der Waals surface area contributed by atoms with Gasteiger partial charge in [-0.2, -0.15) is 0 Å². The van der Waals surface area contributed by atoms with Gasteiger partial charge in [0, 0.05) is 11.4 Å². The summed E-state index contributed by atoms with van der Waals surface area (Å²) in [4.78, 5) is 7.07. The van der Waals surface area contributed by atoms with E-state index in [4.69, 9.17) is 11.6 Å². The standard InChI is InChI=1S/C17H19ClN2S.ClH/c1-19(2)11-6-12-20-14-8-3-4-10-16(14)21-17-13(18)7-5-9-15(17)20;/h3-5,7-10H,6,11-12H2,1-2H3;1H. The zero-order valence-corrected chi connectivity index (χ0v) is 15.1. The number of benzene rings is 2. The van der Waals surface area contributed by atoms with Crippen LogP contribution in [0.4, 0.5) is 11.4 Å². The molecule has 0 fully saturated rings. The molecule has 0 aliphatic carbocycles. The summed E-state index contributed by atoms with van der Waals surface area (Å²) in [5.74, 6) is 0. The average Bonchev–Trinajstić information content (AvgIpc) is 2.47. The lowest BCUT2D eigenvalue weighted by Crippen LogP contribution is -2.25. The predicted octanol–water partition coefficient (Wildman–Crippen LogP) is 5.32. The number of nitrogens with zero attached hydrogens (tertiary/aromatic N) is 2. The quantitative estimate of drug-likeness (QED) is 0.733. The van der Waals surface area contributed by atoms with Crippen LogP contribution >= 0.6 is 35.8 Å². The van der Waals surface area contributed by atoms with E-state index in [1.807, 2.05) is 12.1 Å². The Bertz CT molecular complexity index is 646. The molecule has 118 valence electrons. The van der Waals surface area contributed by atoms with Gasteiger partial charge in [-0.15, -0.1) is 12.4 Å². The van der Waals surface area contributed by atoms with Crippen molar-refractivity contribution < 1.29 is 0 Å². The molecule has 1 aliphatic rings. The van der Waals surface area contributed by atoms with Crippen molar-refractivity contribution >= 4 is 47.1 Å². The second-order valence-corrected chi connectivity index (χ2v) is 6.93. The molecule has 0 N–H and O–H groups in total. The molecule has 5 heteroatoms. The lowest BCUT2D eigenvalue weighted by Gasteiger charge is -2.33. The van der Waals surface area contributed by atoms with Crippen molar-refractivity contribution in [2.24, 2.45) is 0 Å². The molecule has 1 heterocycles. The molecule has 0 bridgehead atoms. The number of hydrogen-bond acceptors (Lipinski definition) is 3. The molecule has 0 saturated carbocycles. The normalized spacial score (nSPS) is 12.6. The van der Waals surface area contributed by atoms with Crippen LogP contribution in [0.5, 0.6) is 0 Å². The SMILES string of the molecule is CN(C)CCCN1c2ccccc2Sc2c(Cl)cccc21.Cl. The highest BCUT2D eigenvalue weighted by atomic mass is 35.5. The third-order valence-electron chi connectivity index (χ3n) is 3.59. The zero-order chi connectivity index (χ0) is 14.8. The maximum Gasteiger partial charge on any atom is 0.0568 e. The van der Waals surface area contributed by atoms with Crippen molar-refractivity contribution in [2.75, 3.05) is 32.1 Å². The van der Waals surface area contributed by atoms with E-state index in [2.05, 4.69) is 54.2 Å². The Labute approximate surface area is 147 Å². The Morgan fingerprint density at radius 2 is 1.77 bits per heavy atom. The van der Waals surface area contributed by atoms with E-state index in [1.54, 1.807) is 11.8 Å². The van der Waals surface area contributed by atoms with Gasteiger partial charge in [0.2, 0.25) is 0 Å². The molecule has 0 amide bonds. The van der Waals surface area contributed by atoms with Gasteiger partial charge in [-0.3, -0.25) is 0 Å². The van der Waals surface area contributed by atoms with Gasteiger partial charge in [-0.1, -0.05) is 41.6 Å². The highest BCUT2D eigenvalue weighted by Crippen LogP contribution is 2.50. The van der Waals surface area contributed by atoms with Crippen LogP contribution in [0.2, 0.25) is 5.02 Å². The van der Waals surface area contributed by atoms with Gasteiger partial charge in [0.15, 0.2) is 0 Å². The number of hydrogen-bond donors (Lipinski definition) is 0. The molecular weight excluding hydrogens is 335 g/mol. The summed E-state index contributed by atoms with van der Waals surface area (Å²) >= 11 is 8.17. The van der Waals surface area contributed by atoms with Crippen LogP contribution in [0.25, 0.3) is 0 Å². The minimum Gasteiger partial charge on any atom is -0.340 e. The fourth-order valence-electron chi connectivity index (χ4n) is 2.60. The molecule has 2 nitrogen and oxygen atoms in total. The molecule has 0 radical (unpaired) electrons. The number of halogens is 2. The third-order valence-corrected chi connectivity index (χ3v) is 5.22. The lowest BCUT2D eigenvalue weighted by molar-refractivity contribution is 0.402. The van der Waals surface area contributed by atoms with Crippen molar-refractivity contribution in [3.63, 3.8) is 0 Å².